The normalized spacial score (nSPS) is 12.5. The van der Waals surface area contributed by atoms with Crippen molar-refractivity contribution in [2.75, 3.05) is 0 Å². The first kappa shape index (κ1) is 22.5. The zero-order chi connectivity index (χ0) is 21.2. The molecule has 0 amide bonds. The second-order valence-electron chi connectivity index (χ2n) is 7.84. The fourth-order valence-corrected chi connectivity index (χ4v) is 10.4. The zero-order valence-corrected chi connectivity index (χ0v) is 20.0. The van der Waals surface area contributed by atoms with E-state index in [1.54, 1.807) is 0 Å². The summed E-state index contributed by atoms with van der Waals surface area (Å²) >= 11 is 8.15. The van der Waals surface area contributed by atoms with Crippen molar-refractivity contribution in [1.82, 2.24) is 4.98 Å². The summed E-state index contributed by atoms with van der Waals surface area (Å²) in [5.41, 5.74) is 2.00. The van der Waals surface area contributed by atoms with Crippen LogP contribution in [0.1, 0.15) is 5.69 Å². The maximum atomic E-state index is 8.15. The number of halogens is 2. The number of nitrogens with zero attached hydrogens (tertiary/aromatic N) is 1. The van der Waals surface area contributed by atoms with Crippen LogP contribution in [0.5, 0.6) is 0 Å². The Morgan fingerprint density at radius 2 is 0.969 bits per heavy atom. The van der Waals surface area contributed by atoms with Gasteiger partial charge in [0.25, 0.3) is 0 Å². The fraction of sp³-hybridized carbons (Fsp3) is 0.0357. The third-order valence-corrected chi connectivity index (χ3v) is 13.2. The summed E-state index contributed by atoms with van der Waals surface area (Å²) in [6, 6.07) is 44.2. The number of hydrogen-bond donors (Lipinski definition) is 0. The van der Waals surface area contributed by atoms with Gasteiger partial charge in [-0.1, -0.05) is 0 Å². The summed E-state index contributed by atoms with van der Waals surface area (Å²) in [6.07, 6.45) is 0.649. The fourth-order valence-electron chi connectivity index (χ4n) is 4.44. The molecule has 0 bridgehead atoms. The summed E-state index contributed by atoms with van der Waals surface area (Å²) in [7, 11) is 0. The summed E-state index contributed by atoms with van der Waals surface area (Å²) in [4.78, 5) is 5.03. The average molecular weight is 476 g/mol. The van der Waals surface area contributed by atoms with Crippen molar-refractivity contribution in [2.24, 2.45) is 0 Å². The Morgan fingerprint density at radius 1 is 0.531 bits per heavy atom. The molecule has 160 valence electrons. The van der Waals surface area contributed by atoms with Gasteiger partial charge in [0.05, 0.1) is 0 Å². The van der Waals surface area contributed by atoms with Crippen LogP contribution >= 0.6 is 29.6 Å². The molecule has 4 aromatic carbocycles. The van der Waals surface area contributed by atoms with Gasteiger partial charge in [-0.3, -0.25) is 0 Å². The summed E-state index contributed by atoms with van der Waals surface area (Å²) in [6.45, 7) is 0. The van der Waals surface area contributed by atoms with E-state index in [2.05, 4.69) is 97.1 Å². The number of benzene rings is 4. The first-order valence-corrected chi connectivity index (χ1v) is 13.8. The summed E-state index contributed by atoms with van der Waals surface area (Å²) in [5, 5.41) is 4.60. The SMILES string of the molecule is Cl.ClP(Cc1ccc2ccccc2n1)(c1ccccc1)(c1ccccc1)c1ccccc1. The van der Waals surface area contributed by atoms with Crippen LogP contribution in [-0.2, 0) is 6.16 Å². The Labute approximate surface area is 200 Å². The first-order valence-electron chi connectivity index (χ1n) is 10.4. The molecule has 0 unspecified atom stereocenters. The quantitative estimate of drug-likeness (QED) is 0.253. The van der Waals surface area contributed by atoms with Gasteiger partial charge in [-0.2, -0.15) is 0 Å². The van der Waals surface area contributed by atoms with Crippen LogP contribution < -0.4 is 15.9 Å². The molecule has 4 heteroatoms. The molecule has 0 spiro atoms. The number of rotatable bonds is 5. The number of hydrogen-bond acceptors (Lipinski definition) is 1. The predicted octanol–water partition coefficient (Wildman–Crippen LogP) is 6.84. The third kappa shape index (κ3) is 3.71. The maximum absolute atomic E-state index is 8.15. The van der Waals surface area contributed by atoms with Crippen molar-refractivity contribution in [3.8, 4) is 0 Å². The Bertz CT molecular complexity index is 1230. The van der Waals surface area contributed by atoms with Crippen molar-refractivity contribution in [3.63, 3.8) is 0 Å². The Balaban J connectivity index is 0.00000245. The number of pyridine rings is 1. The van der Waals surface area contributed by atoms with Gasteiger partial charge in [-0.25, -0.2) is 0 Å². The van der Waals surface area contributed by atoms with Gasteiger partial charge in [0.1, 0.15) is 0 Å². The molecular weight excluding hydrogens is 452 g/mol. The number of fused-ring (bicyclic) bond motifs is 1. The molecule has 0 aliphatic carbocycles. The molecule has 0 atom stereocenters. The minimum absolute atomic E-state index is 0. The van der Waals surface area contributed by atoms with Gasteiger partial charge in [-0.05, 0) is 0 Å². The van der Waals surface area contributed by atoms with Crippen LogP contribution in [0, 0.1) is 0 Å². The van der Waals surface area contributed by atoms with Crippen LogP contribution in [0.2, 0.25) is 0 Å². The first-order chi connectivity index (χ1) is 15.2. The molecule has 0 saturated heterocycles. The molecule has 0 aliphatic heterocycles. The van der Waals surface area contributed by atoms with Crippen molar-refractivity contribution in [3.05, 3.63) is 133 Å². The van der Waals surface area contributed by atoms with Crippen LogP contribution in [-0.4, -0.2) is 4.98 Å². The van der Waals surface area contributed by atoms with Gasteiger partial charge in [0, 0.05) is 0 Å². The Morgan fingerprint density at radius 3 is 1.47 bits per heavy atom. The van der Waals surface area contributed by atoms with Gasteiger partial charge in [-0.15, -0.1) is 12.4 Å². The minimum atomic E-state index is -3.36. The predicted molar refractivity (Wildman–Crippen MR) is 144 cm³/mol. The van der Waals surface area contributed by atoms with Crippen molar-refractivity contribution in [2.45, 2.75) is 6.16 Å². The van der Waals surface area contributed by atoms with Crippen molar-refractivity contribution >= 4 is 56.4 Å². The second-order valence-corrected chi connectivity index (χ2v) is 14.3. The number of aromatic nitrogens is 1. The van der Waals surface area contributed by atoms with E-state index in [0.29, 0.717) is 6.16 Å². The van der Waals surface area contributed by atoms with E-state index in [9.17, 15) is 0 Å². The van der Waals surface area contributed by atoms with E-state index in [-0.39, 0.29) is 12.4 Å². The molecule has 0 fully saturated rings. The summed E-state index contributed by atoms with van der Waals surface area (Å²) < 4.78 is 0. The van der Waals surface area contributed by atoms with Crippen LogP contribution in [0.25, 0.3) is 10.9 Å². The summed E-state index contributed by atoms with van der Waals surface area (Å²) in [5.74, 6) is -3.36. The van der Waals surface area contributed by atoms with E-state index in [1.165, 1.54) is 0 Å². The molecule has 0 radical (unpaired) electrons. The van der Waals surface area contributed by atoms with E-state index in [0.717, 1.165) is 32.5 Å². The number of para-hydroxylation sites is 1. The molecule has 0 N–H and O–H groups in total. The van der Waals surface area contributed by atoms with E-state index in [4.69, 9.17) is 16.2 Å². The molecule has 5 aromatic rings. The van der Waals surface area contributed by atoms with Gasteiger partial charge < -0.3 is 0 Å². The molecular formula is C28H24Cl2NP. The van der Waals surface area contributed by atoms with Crippen molar-refractivity contribution in [1.29, 1.82) is 0 Å². The Kier molecular flexibility index (Phi) is 6.35. The zero-order valence-electron chi connectivity index (χ0n) is 17.5. The van der Waals surface area contributed by atoms with Crippen molar-refractivity contribution < 1.29 is 0 Å². The molecule has 32 heavy (non-hydrogen) atoms. The second kappa shape index (κ2) is 9.04. The molecule has 1 aromatic heterocycles. The van der Waals surface area contributed by atoms with E-state index < -0.39 is 5.96 Å². The topological polar surface area (TPSA) is 12.9 Å². The van der Waals surface area contributed by atoms with Gasteiger partial charge in [0.15, 0.2) is 0 Å². The molecule has 1 nitrogen and oxygen atoms in total. The van der Waals surface area contributed by atoms with Crippen LogP contribution in [0.3, 0.4) is 0 Å². The van der Waals surface area contributed by atoms with E-state index >= 15 is 0 Å². The monoisotopic (exact) mass is 475 g/mol. The average Bonchev–Trinajstić information content (AvgIpc) is 2.86. The van der Waals surface area contributed by atoms with Gasteiger partial charge in [0.2, 0.25) is 0 Å². The van der Waals surface area contributed by atoms with Gasteiger partial charge >= 0.3 is 188 Å². The molecule has 5 rings (SSSR count). The molecule has 0 aliphatic rings. The standard InChI is InChI=1S/C28H23ClNP.ClH/c29-31(25-13-4-1-5-14-25,26-15-6-2-7-16-26,27-17-8-3-9-18-27)22-24-21-20-23-12-10-11-19-28(23)30-24;/h1-21H,22H2;1H. The van der Waals surface area contributed by atoms with E-state index in [1.807, 2.05) is 30.3 Å². The van der Waals surface area contributed by atoms with Crippen LogP contribution in [0.4, 0.5) is 0 Å². The molecule has 0 saturated carbocycles. The Hall–Kier alpha value is -2.70. The van der Waals surface area contributed by atoms with Crippen LogP contribution in [0.15, 0.2) is 127 Å². The third-order valence-electron chi connectivity index (χ3n) is 6.00. The molecule has 1 heterocycles.